The molecule has 0 aliphatic carbocycles. The van der Waals surface area contributed by atoms with Crippen LogP contribution in [0.3, 0.4) is 0 Å². The molecular weight excluding hydrogens is 478 g/mol. The van der Waals surface area contributed by atoms with Gasteiger partial charge in [0.25, 0.3) is 10.0 Å². The largest absolute Gasteiger partial charge is 0.462 e. The number of benzene rings is 3. The molecule has 0 aliphatic heterocycles. The molecule has 0 atom stereocenters. The molecule has 1 heterocycles. The third-order valence-corrected chi connectivity index (χ3v) is 7.21. The summed E-state index contributed by atoms with van der Waals surface area (Å²) >= 11 is 0. The van der Waals surface area contributed by atoms with Crippen LogP contribution < -0.4 is 0 Å². The number of hydrogen-bond donors (Lipinski definition) is 0. The van der Waals surface area contributed by atoms with Gasteiger partial charge in [0.2, 0.25) is 0 Å². The summed E-state index contributed by atoms with van der Waals surface area (Å²) in [6, 6.07) is 23.4. The van der Waals surface area contributed by atoms with Crippen LogP contribution in [0, 0.1) is 0 Å². The summed E-state index contributed by atoms with van der Waals surface area (Å²) in [6.45, 7) is 3.48. The zero-order valence-corrected chi connectivity index (χ0v) is 20.7. The number of nitrogens with zero attached hydrogens (tertiary/aromatic N) is 1. The fourth-order valence-electron chi connectivity index (χ4n) is 3.98. The molecular formula is C28H25NO6S. The summed E-state index contributed by atoms with van der Waals surface area (Å²) in [6.07, 6.45) is 1.36. The molecule has 36 heavy (non-hydrogen) atoms. The predicted molar refractivity (Wildman–Crippen MR) is 137 cm³/mol. The van der Waals surface area contributed by atoms with Crippen molar-refractivity contribution in [1.29, 1.82) is 0 Å². The maximum atomic E-state index is 13.6. The van der Waals surface area contributed by atoms with E-state index in [9.17, 15) is 18.0 Å². The third-order valence-electron chi connectivity index (χ3n) is 5.52. The van der Waals surface area contributed by atoms with Crippen molar-refractivity contribution in [3.63, 3.8) is 0 Å². The lowest BCUT2D eigenvalue weighted by Crippen LogP contribution is -2.16. The molecule has 184 valence electrons. The smallest absolute Gasteiger partial charge is 0.339 e. The molecule has 4 aromatic rings. The van der Waals surface area contributed by atoms with E-state index in [1.54, 1.807) is 86.6 Å². The second-order valence-electron chi connectivity index (χ2n) is 7.73. The number of carbonyl (C=O) groups excluding carboxylic acids is 2. The highest BCUT2D eigenvalue weighted by atomic mass is 32.2. The van der Waals surface area contributed by atoms with E-state index in [4.69, 9.17) is 9.47 Å². The minimum atomic E-state index is -4.01. The predicted octanol–water partition coefficient (Wildman–Crippen LogP) is 4.92. The lowest BCUT2D eigenvalue weighted by atomic mass is 9.94. The number of fused-ring (bicyclic) bond motifs is 1. The number of para-hydroxylation sites is 1. The van der Waals surface area contributed by atoms with Crippen molar-refractivity contribution in [3.8, 4) is 0 Å². The van der Waals surface area contributed by atoms with E-state index in [1.165, 1.54) is 18.3 Å². The molecule has 0 amide bonds. The summed E-state index contributed by atoms with van der Waals surface area (Å²) in [7, 11) is -4.01. The van der Waals surface area contributed by atoms with Gasteiger partial charge in [0.05, 0.1) is 34.8 Å². The first-order valence-electron chi connectivity index (χ1n) is 11.4. The number of ether oxygens (including phenoxy) is 2. The SMILES string of the molecule is CCOC(=O)/C(=C(\C(=O)OCC)c1cn(S(=O)(=O)c2ccccc2)c2ccccc12)c1ccccc1. The Hall–Kier alpha value is -4.17. The zero-order chi connectivity index (χ0) is 25.7. The number of esters is 2. The molecule has 4 rings (SSSR count). The highest BCUT2D eigenvalue weighted by molar-refractivity contribution is 7.90. The topological polar surface area (TPSA) is 91.7 Å². The van der Waals surface area contributed by atoms with E-state index < -0.39 is 22.0 Å². The molecule has 8 heteroatoms. The van der Waals surface area contributed by atoms with Crippen LogP contribution in [0.5, 0.6) is 0 Å². The molecule has 3 aromatic carbocycles. The van der Waals surface area contributed by atoms with Crippen LogP contribution in [0.1, 0.15) is 25.0 Å². The average Bonchev–Trinajstić information content (AvgIpc) is 3.28. The molecule has 0 aliphatic rings. The van der Waals surface area contributed by atoms with E-state index >= 15 is 0 Å². The first-order valence-corrected chi connectivity index (χ1v) is 12.9. The van der Waals surface area contributed by atoms with Crippen LogP contribution in [-0.4, -0.2) is 37.5 Å². The highest BCUT2D eigenvalue weighted by Crippen LogP contribution is 2.36. The second kappa shape index (κ2) is 10.6. The lowest BCUT2D eigenvalue weighted by Gasteiger charge is -2.14. The van der Waals surface area contributed by atoms with Gasteiger partial charge in [0.1, 0.15) is 0 Å². The molecule has 0 bridgehead atoms. The Morgan fingerprint density at radius 2 is 1.25 bits per heavy atom. The molecule has 7 nitrogen and oxygen atoms in total. The first kappa shape index (κ1) is 24.9. The Balaban J connectivity index is 2.10. The Morgan fingerprint density at radius 3 is 1.86 bits per heavy atom. The number of aromatic nitrogens is 1. The monoisotopic (exact) mass is 503 g/mol. The number of carbonyl (C=O) groups is 2. The normalized spacial score (nSPS) is 12.2. The molecule has 0 N–H and O–H groups in total. The van der Waals surface area contributed by atoms with Gasteiger partial charge >= 0.3 is 11.9 Å². The van der Waals surface area contributed by atoms with Gasteiger partial charge in [0, 0.05) is 17.1 Å². The van der Waals surface area contributed by atoms with E-state index in [0.29, 0.717) is 16.5 Å². The van der Waals surface area contributed by atoms with Crippen LogP contribution in [0.2, 0.25) is 0 Å². The molecule has 1 aromatic heterocycles. The number of rotatable bonds is 8. The molecule has 0 radical (unpaired) electrons. The van der Waals surface area contributed by atoms with Crippen LogP contribution in [0.15, 0.2) is 96.0 Å². The Labute approximate surface area is 209 Å². The van der Waals surface area contributed by atoms with Gasteiger partial charge in [0.15, 0.2) is 0 Å². The van der Waals surface area contributed by atoms with Crippen molar-refractivity contribution in [2.75, 3.05) is 13.2 Å². The Morgan fingerprint density at radius 1 is 0.722 bits per heavy atom. The zero-order valence-electron chi connectivity index (χ0n) is 19.9. The van der Waals surface area contributed by atoms with Gasteiger partial charge in [-0.15, -0.1) is 0 Å². The molecule has 0 spiro atoms. The molecule has 0 unspecified atom stereocenters. The quantitative estimate of drug-likeness (QED) is 0.251. The van der Waals surface area contributed by atoms with Crippen molar-refractivity contribution in [1.82, 2.24) is 3.97 Å². The van der Waals surface area contributed by atoms with E-state index in [1.807, 2.05) is 0 Å². The van der Waals surface area contributed by atoms with Crippen LogP contribution in [0.25, 0.3) is 22.0 Å². The molecule has 0 fully saturated rings. The summed E-state index contributed by atoms with van der Waals surface area (Å²) in [4.78, 5) is 26.7. The third kappa shape index (κ3) is 4.67. The van der Waals surface area contributed by atoms with Crippen LogP contribution in [0.4, 0.5) is 0 Å². The fraction of sp³-hybridized carbons (Fsp3) is 0.143. The van der Waals surface area contributed by atoms with E-state index in [-0.39, 0.29) is 34.8 Å². The minimum Gasteiger partial charge on any atom is -0.462 e. The van der Waals surface area contributed by atoms with Crippen molar-refractivity contribution in [2.45, 2.75) is 18.7 Å². The minimum absolute atomic E-state index is 0.00379. The Kier molecular flexibility index (Phi) is 7.36. The summed E-state index contributed by atoms with van der Waals surface area (Å²) in [5, 5.41) is 0.470. The fourth-order valence-corrected chi connectivity index (χ4v) is 5.37. The number of hydrogen-bond acceptors (Lipinski definition) is 6. The van der Waals surface area contributed by atoms with Crippen molar-refractivity contribution >= 4 is 44.0 Å². The van der Waals surface area contributed by atoms with Gasteiger partial charge in [-0.3, -0.25) is 0 Å². The van der Waals surface area contributed by atoms with Crippen molar-refractivity contribution < 1.29 is 27.5 Å². The maximum absolute atomic E-state index is 13.6. The maximum Gasteiger partial charge on any atom is 0.339 e. The summed E-state index contributed by atoms with van der Waals surface area (Å²) < 4.78 is 39.0. The lowest BCUT2D eigenvalue weighted by molar-refractivity contribution is -0.138. The van der Waals surface area contributed by atoms with Crippen molar-refractivity contribution in [2.24, 2.45) is 0 Å². The van der Waals surface area contributed by atoms with Gasteiger partial charge in [-0.05, 0) is 37.6 Å². The standard InChI is InChI=1S/C28H25NO6S/c1-3-34-27(30)25(20-13-7-5-8-14-20)26(28(31)35-4-2)23-19-29(24-18-12-11-17-22(23)24)36(32,33)21-15-9-6-10-16-21/h5-19H,3-4H2,1-2H3/b26-25-. The Bertz CT molecular complexity index is 1540. The van der Waals surface area contributed by atoms with Gasteiger partial charge in [-0.1, -0.05) is 66.7 Å². The van der Waals surface area contributed by atoms with E-state index in [0.717, 1.165) is 3.97 Å². The van der Waals surface area contributed by atoms with Crippen LogP contribution >= 0.6 is 0 Å². The second-order valence-corrected chi connectivity index (χ2v) is 9.55. The van der Waals surface area contributed by atoms with Gasteiger partial charge < -0.3 is 9.47 Å². The first-order chi connectivity index (χ1) is 17.4. The average molecular weight is 504 g/mol. The summed E-state index contributed by atoms with van der Waals surface area (Å²) in [5.41, 5.74) is 0.974. The molecule has 0 saturated carbocycles. The van der Waals surface area contributed by atoms with Gasteiger partial charge in [-0.25, -0.2) is 22.0 Å². The van der Waals surface area contributed by atoms with Crippen LogP contribution in [-0.2, 0) is 29.1 Å². The summed E-state index contributed by atoms with van der Waals surface area (Å²) in [5.74, 6) is -1.47. The molecule has 0 saturated heterocycles. The van der Waals surface area contributed by atoms with E-state index in [2.05, 4.69) is 0 Å². The van der Waals surface area contributed by atoms with Crippen molar-refractivity contribution in [3.05, 3.63) is 102 Å². The van der Waals surface area contributed by atoms with Gasteiger partial charge in [-0.2, -0.15) is 0 Å². The highest BCUT2D eigenvalue weighted by Gasteiger charge is 2.30.